The molecule has 104 valence electrons. The van der Waals surface area contributed by atoms with Crippen molar-refractivity contribution in [3.8, 4) is 5.75 Å². The van der Waals surface area contributed by atoms with Crippen molar-refractivity contribution in [2.45, 2.75) is 6.92 Å². The second kappa shape index (κ2) is 5.89. The monoisotopic (exact) mass is 295 g/mol. The third-order valence-electron chi connectivity index (χ3n) is 2.87. The third kappa shape index (κ3) is 3.35. The highest BCUT2D eigenvalue weighted by molar-refractivity contribution is 7.19. The molecule has 0 saturated heterocycles. The van der Waals surface area contributed by atoms with Gasteiger partial charge in [-0.2, -0.15) is 0 Å². The van der Waals surface area contributed by atoms with Gasteiger partial charge < -0.3 is 4.74 Å². The minimum atomic E-state index is -0.312. The highest BCUT2D eigenvalue weighted by Crippen LogP contribution is 2.23. The van der Waals surface area contributed by atoms with Crippen LogP contribution in [0.1, 0.15) is 17.5 Å². The number of thiazole rings is 1. The lowest BCUT2D eigenvalue weighted by Crippen LogP contribution is -2.00. The van der Waals surface area contributed by atoms with Crippen molar-refractivity contribution < 1.29 is 9.53 Å². The van der Waals surface area contributed by atoms with Gasteiger partial charge in [-0.3, -0.25) is 4.79 Å². The Hall–Kier alpha value is -2.46. The molecule has 3 aromatic rings. The number of hydrogen-bond donors (Lipinski definition) is 0. The summed E-state index contributed by atoms with van der Waals surface area (Å²) in [4.78, 5) is 15.4. The molecule has 0 aliphatic carbocycles. The van der Waals surface area contributed by atoms with Gasteiger partial charge in [0.2, 0.25) is 0 Å². The number of aromatic nitrogens is 1. The third-order valence-corrected chi connectivity index (χ3v) is 3.87. The lowest BCUT2D eigenvalue weighted by Gasteiger charge is -2.00. The molecule has 3 nitrogen and oxygen atoms in total. The zero-order valence-corrected chi connectivity index (χ0v) is 12.3. The Morgan fingerprint density at radius 1 is 1.10 bits per heavy atom. The van der Waals surface area contributed by atoms with Crippen molar-refractivity contribution >= 4 is 39.7 Å². The fourth-order valence-electron chi connectivity index (χ4n) is 1.94. The number of benzene rings is 2. The van der Waals surface area contributed by atoms with Gasteiger partial charge in [-0.05, 0) is 35.9 Å². The van der Waals surface area contributed by atoms with Gasteiger partial charge in [0.25, 0.3) is 0 Å². The Morgan fingerprint density at radius 3 is 2.57 bits per heavy atom. The molecule has 1 heterocycles. The number of fused-ring (bicyclic) bond motifs is 1. The maximum Gasteiger partial charge on any atom is 0.308 e. The molecule has 0 atom stereocenters. The lowest BCUT2D eigenvalue weighted by molar-refractivity contribution is -0.131. The van der Waals surface area contributed by atoms with E-state index >= 15 is 0 Å². The summed E-state index contributed by atoms with van der Waals surface area (Å²) in [6, 6.07) is 15.4. The van der Waals surface area contributed by atoms with Crippen LogP contribution >= 0.6 is 11.3 Å². The van der Waals surface area contributed by atoms with Gasteiger partial charge >= 0.3 is 5.97 Å². The van der Waals surface area contributed by atoms with Crippen molar-refractivity contribution in [3.05, 3.63) is 59.1 Å². The van der Waals surface area contributed by atoms with Crippen LogP contribution in [0.3, 0.4) is 0 Å². The summed E-state index contributed by atoms with van der Waals surface area (Å²) in [5.41, 5.74) is 2.05. The molecule has 4 heteroatoms. The van der Waals surface area contributed by atoms with Crippen molar-refractivity contribution in [1.29, 1.82) is 0 Å². The molecule has 21 heavy (non-hydrogen) atoms. The number of carbonyl (C=O) groups is 1. The maximum atomic E-state index is 10.9. The van der Waals surface area contributed by atoms with Gasteiger partial charge in [-0.25, -0.2) is 4.98 Å². The maximum absolute atomic E-state index is 10.9. The van der Waals surface area contributed by atoms with Crippen LogP contribution in [0.4, 0.5) is 0 Å². The van der Waals surface area contributed by atoms with E-state index in [0.717, 1.165) is 16.1 Å². The second-order valence-electron chi connectivity index (χ2n) is 4.52. The lowest BCUT2D eigenvalue weighted by atomic mass is 10.2. The predicted octanol–water partition coefficient (Wildman–Crippen LogP) is 4.39. The summed E-state index contributed by atoms with van der Waals surface area (Å²) in [7, 11) is 0. The number of esters is 1. The average Bonchev–Trinajstić information content (AvgIpc) is 2.89. The highest BCUT2D eigenvalue weighted by Gasteiger charge is 2.00. The zero-order valence-electron chi connectivity index (χ0n) is 11.4. The normalized spacial score (nSPS) is 11.1. The zero-order chi connectivity index (χ0) is 14.7. The fourth-order valence-corrected chi connectivity index (χ4v) is 2.81. The topological polar surface area (TPSA) is 39.2 Å². The highest BCUT2D eigenvalue weighted by atomic mass is 32.1. The summed E-state index contributed by atoms with van der Waals surface area (Å²) in [6.07, 6.45) is 3.99. The second-order valence-corrected chi connectivity index (χ2v) is 5.58. The van der Waals surface area contributed by atoms with Crippen LogP contribution in [-0.4, -0.2) is 11.0 Å². The first kappa shape index (κ1) is 13.5. The smallest absolute Gasteiger partial charge is 0.308 e. The van der Waals surface area contributed by atoms with Crippen LogP contribution in [0.5, 0.6) is 5.75 Å². The van der Waals surface area contributed by atoms with Crippen molar-refractivity contribution in [1.82, 2.24) is 4.98 Å². The Kier molecular flexibility index (Phi) is 3.79. The van der Waals surface area contributed by atoms with Gasteiger partial charge in [-0.15, -0.1) is 11.3 Å². The van der Waals surface area contributed by atoms with Gasteiger partial charge in [-0.1, -0.05) is 30.3 Å². The Balaban J connectivity index is 1.77. The molecule has 0 fully saturated rings. The number of ether oxygens (including phenoxy) is 1. The Morgan fingerprint density at radius 2 is 1.86 bits per heavy atom. The van der Waals surface area contributed by atoms with E-state index in [4.69, 9.17) is 4.74 Å². The molecule has 0 aliphatic heterocycles. The van der Waals surface area contributed by atoms with E-state index < -0.39 is 0 Å². The first-order valence-corrected chi connectivity index (χ1v) is 7.34. The minimum Gasteiger partial charge on any atom is -0.427 e. The molecular weight excluding hydrogens is 282 g/mol. The van der Waals surface area contributed by atoms with E-state index in [0.29, 0.717) is 5.75 Å². The summed E-state index contributed by atoms with van der Waals surface area (Å²) in [5, 5.41) is 0.972. The predicted molar refractivity (Wildman–Crippen MR) is 86.3 cm³/mol. The van der Waals surface area contributed by atoms with E-state index in [1.165, 1.54) is 11.6 Å². The molecule has 1 aromatic heterocycles. The van der Waals surface area contributed by atoms with Crippen LogP contribution in [0.2, 0.25) is 0 Å². The molecule has 2 aromatic carbocycles. The molecule has 0 bridgehead atoms. The summed E-state index contributed by atoms with van der Waals surface area (Å²) in [5.74, 6) is 0.243. The average molecular weight is 295 g/mol. The summed E-state index contributed by atoms with van der Waals surface area (Å²) < 4.78 is 6.18. The molecule has 0 amide bonds. The summed E-state index contributed by atoms with van der Waals surface area (Å²) in [6.45, 7) is 1.39. The minimum absolute atomic E-state index is 0.312. The van der Waals surface area contributed by atoms with E-state index in [2.05, 4.69) is 11.1 Å². The number of para-hydroxylation sites is 1. The SMILES string of the molecule is CC(=O)Oc1ccc(/C=C/c2nc3ccccc3s2)cc1. The molecule has 0 radical (unpaired) electrons. The van der Waals surface area contributed by atoms with E-state index in [1.807, 2.05) is 42.5 Å². The van der Waals surface area contributed by atoms with E-state index in [1.54, 1.807) is 23.5 Å². The van der Waals surface area contributed by atoms with Gasteiger partial charge in [0.15, 0.2) is 0 Å². The standard InChI is InChI=1S/C17H13NO2S/c1-12(19)20-14-9-6-13(7-10-14)8-11-17-18-15-4-2-3-5-16(15)21-17/h2-11H,1H3/b11-8+. The number of rotatable bonds is 3. The quantitative estimate of drug-likeness (QED) is 0.531. The van der Waals surface area contributed by atoms with Crippen LogP contribution in [0.25, 0.3) is 22.4 Å². The first-order valence-electron chi connectivity index (χ1n) is 6.53. The van der Waals surface area contributed by atoms with Gasteiger partial charge in [0.05, 0.1) is 10.2 Å². The van der Waals surface area contributed by atoms with Crippen molar-refractivity contribution in [2.24, 2.45) is 0 Å². The van der Waals surface area contributed by atoms with Crippen molar-refractivity contribution in [3.63, 3.8) is 0 Å². The van der Waals surface area contributed by atoms with Crippen LogP contribution in [-0.2, 0) is 4.79 Å². The van der Waals surface area contributed by atoms with Crippen molar-refractivity contribution in [2.75, 3.05) is 0 Å². The van der Waals surface area contributed by atoms with Gasteiger partial charge in [0.1, 0.15) is 10.8 Å². The van der Waals surface area contributed by atoms with Crippen LogP contribution < -0.4 is 4.74 Å². The number of nitrogens with zero attached hydrogens (tertiary/aromatic N) is 1. The first-order chi connectivity index (χ1) is 10.2. The van der Waals surface area contributed by atoms with Crippen LogP contribution in [0, 0.1) is 0 Å². The van der Waals surface area contributed by atoms with E-state index in [9.17, 15) is 4.79 Å². The molecule has 0 aliphatic rings. The van der Waals surface area contributed by atoms with Gasteiger partial charge in [0, 0.05) is 6.92 Å². The fraction of sp³-hybridized carbons (Fsp3) is 0.0588. The summed E-state index contributed by atoms with van der Waals surface area (Å²) >= 11 is 1.66. The molecule has 0 saturated carbocycles. The number of hydrogen-bond acceptors (Lipinski definition) is 4. The molecule has 0 unspecified atom stereocenters. The number of carbonyl (C=O) groups excluding carboxylic acids is 1. The molecule has 0 spiro atoms. The molecular formula is C17H13NO2S. The molecule has 0 N–H and O–H groups in total. The Labute approximate surface area is 126 Å². The molecule has 3 rings (SSSR count). The Bertz CT molecular complexity index is 770. The van der Waals surface area contributed by atoms with E-state index in [-0.39, 0.29) is 5.97 Å². The van der Waals surface area contributed by atoms with Crippen LogP contribution in [0.15, 0.2) is 48.5 Å². The largest absolute Gasteiger partial charge is 0.427 e.